The molecular weight excluding hydrogens is 330 g/mol. The van der Waals surface area contributed by atoms with E-state index in [0.29, 0.717) is 0 Å². The maximum absolute atomic E-state index is 6.34. The summed E-state index contributed by atoms with van der Waals surface area (Å²) in [6.45, 7) is 8.90. The summed E-state index contributed by atoms with van der Waals surface area (Å²) in [5.41, 5.74) is 2.47. The van der Waals surface area contributed by atoms with Crippen molar-refractivity contribution in [3.63, 3.8) is 0 Å². The zero-order valence-electron chi connectivity index (χ0n) is 15.8. The summed E-state index contributed by atoms with van der Waals surface area (Å²) in [7, 11) is 0. The van der Waals surface area contributed by atoms with Crippen LogP contribution < -0.4 is 4.74 Å². The molecule has 0 N–H and O–H groups in total. The molecule has 0 heterocycles. The fourth-order valence-corrected chi connectivity index (χ4v) is 3.05. The lowest BCUT2D eigenvalue weighted by Crippen LogP contribution is -2.40. The summed E-state index contributed by atoms with van der Waals surface area (Å²) in [4.78, 5) is 2.48. The Balaban J connectivity index is 0.00000312. The number of nitrogens with zero attached hydrogens (tertiary/aromatic N) is 1. The van der Waals surface area contributed by atoms with Crippen LogP contribution in [0.4, 0.5) is 0 Å². The van der Waals surface area contributed by atoms with Crippen molar-refractivity contribution in [2.24, 2.45) is 0 Å². The van der Waals surface area contributed by atoms with Gasteiger partial charge in [-0.2, -0.15) is 0 Å². The van der Waals surface area contributed by atoms with Gasteiger partial charge in [-0.1, -0.05) is 69.7 Å². The van der Waals surface area contributed by atoms with Crippen LogP contribution in [0.1, 0.15) is 46.5 Å². The van der Waals surface area contributed by atoms with Gasteiger partial charge in [0.1, 0.15) is 5.75 Å². The van der Waals surface area contributed by atoms with E-state index in [4.69, 9.17) is 4.74 Å². The van der Waals surface area contributed by atoms with Crippen LogP contribution in [0.3, 0.4) is 0 Å². The molecule has 0 aliphatic rings. The summed E-state index contributed by atoms with van der Waals surface area (Å²) in [5.74, 6) is 0.963. The lowest BCUT2D eigenvalue weighted by atomic mass is 10.1. The van der Waals surface area contributed by atoms with E-state index in [9.17, 15) is 0 Å². The first-order valence-electron chi connectivity index (χ1n) is 9.34. The van der Waals surface area contributed by atoms with E-state index in [1.807, 2.05) is 6.07 Å². The monoisotopic (exact) mass is 361 g/mol. The molecular formula is C22H32ClNO. The average molecular weight is 362 g/mol. The normalized spacial score (nSPS) is 11.8. The SMILES string of the molecule is CCCC(Oc1ccc(-c2ccccc2)cc1)N(CCC)CCC.Cl. The quantitative estimate of drug-likeness (QED) is 0.454. The maximum atomic E-state index is 6.34. The maximum Gasteiger partial charge on any atom is 0.152 e. The predicted octanol–water partition coefficient (Wildman–Crippen LogP) is 6.40. The molecule has 2 rings (SSSR count). The van der Waals surface area contributed by atoms with Crippen molar-refractivity contribution in [2.75, 3.05) is 13.1 Å². The highest BCUT2D eigenvalue weighted by molar-refractivity contribution is 5.85. The van der Waals surface area contributed by atoms with Gasteiger partial charge in [0.25, 0.3) is 0 Å². The standard InChI is InChI=1S/C22H31NO.ClH/c1-4-10-22(23(17-5-2)18-6-3)24-21-15-13-20(14-16-21)19-11-8-7-9-12-19;/h7-9,11-16,22H,4-6,10,17-18H2,1-3H3;1H. The van der Waals surface area contributed by atoms with E-state index in [2.05, 4.69) is 74.2 Å². The third-order valence-electron chi connectivity index (χ3n) is 4.20. The van der Waals surface area contributed by atoms with Crippen LogP contribution in [0.15, 0.2) is 54.6 Å². The third kappa shape index (κ3) is 6.72. The number of rotatable bonds is 10. The largest absolute Gasteiger partial charge is 0.475 e. The Bertz CT molecular complexity index is 564. The van der Waals surface area contributed by atoms with Crippen molar-refractivity contribution >= 4 is 12.4 Å². The number of halogens is 1. The van der Waals surface area contributed by atoms with E-state index in [1.54, 1.807) is 0 Å². The second-order valence-corrected chi connectivity index (χ2v) is 6.29. The minimum Gasteiger partial charge on any atom is -0.475 e. The highest BCUT2D eigenvalue weighted by Crippen LogP contribution is 2.24. The molecule has 138 valence electrons. The van der Waals surface area contributed by atoms with Crippen molar-refractivity contribution in [3.05, 3.63) is 54.6 Å². The summed E-state index contributed by atoms with van der Waals surface area (Å²) in [6.07, 6.45) is 4.71. The van der Waals surface area contributed by atoms with E-state index in [-0.39, 0.29) is 18.6 Å². The minimum absolute atomic E-state index is 0. The van der Waals surface area contributed by atoms with Gasteiger partial charge in [-0.05, 0) is 42.5 Å². The molecule has 0 aliphatic heterocycles. The lowest BCUT2D eigenvalue weighted by molar-refractivity contribution is 0.0180. The third-order valence-corrected chi connectivity index (χ3v) is 4.20. The van der Waals surface area contributed by atoms with E-state index in [0.717, 1.165) is 44.5 Å². The zero-order valence-corrected chi connectivity index (χ0v) is 16.6. The van der Waals surface area contributed by atoms with Gasteiger partial charge in [-0.3, -0.25) is 4.90 Å². The van der Waals surface area contributed by atoms with Crippen LogP contribution in [0, 0.1) is 0 Å². The van der Waals surface area contributed by atoms with Gasteiger partial charge in [0.2, 0.25) is 0 Å². The lowest BCUT2D eigenvalue weighted by Gasteiger charge is -2.31. The molecule has 0 spiro atoms. The molecule has 0 radical (unpaired) electrons. The number of hydrogen-bond donors (Lipinski definition) is 0. The van der Waals surface area contributed by atoms with Crippen molar-refractivity contribution < 1.29 is 4.74 Å². The fourth-order valence-electron chi connectivity index (χ4n) is 3.05. The van der Waals surface area contributed by atoms with Gasteiger partial charge in [0.05, 0.1) is 0 Å². The van der Waals surface area contributed by atoms with Gasteiger partial charge in [-0.15, -0.1) is 12.4 Å². The van der Waals surface area contributed by atoms with E-state index >= 15 is 0 Å². The minimum atomic E-state index is 0. The second kappa shape index (κ2) is 11.9. The van der Waals surface area contributed by atoms with E-state index in [1.165, 1.54) is 11.1 Å². The van der Waals surface area contributed by atoms with E-state index < -0.39 is 0 Å². The van der Waals surface area contributed by atoms with Gasteiger partial charge >= 0.3 is 0 Å². The summed E-state index contributed by atoms with van der Waals surface area (Å²) in [5, 5.41) is 0. The summed E-state index contributed by atoms with van der Waals surface area (Å²) >= 11 is 0. The molecule has 0 amide bonds. The molecule has 1 atom stereocenters. The zero-order chi connectivity index (χ0) is 17.2. The van der Waals surface area contributed by atoms with Crippen molar-refractivity contribution in [2.45, 2.75) is 52.7 Å². The fraction of sp³-hybridized carbons (Fsp3) is 0.455. The molecule has 0 bridgehead atoms. The first-order chi connectivity index (χ1) is 11.8. The summed E-state index contributed by atoms with van der Waals surface area (Å²) < 4.78 is 6.34. The smallest absolute Gasteiger partial charge is 0.152 e. The molecule has 0 aromatic heterocycles. The van der Waals surface area contributed by atoms with Crippen molar-refractivity contribution in [1.29, 1.82) is 0 Å². The highest BCUT2D eigenvalue weighted by atomic mass is 35.5. The highest BCUT2D eigenvalue weighted by Gasteiger charge is 2.18. The second-order valence-electron chi connectivity index (χ2n) is 6.29. The van der Waals surface area contributed by atoms with Gasteiger partial charge in [0, 0.05) is 13.1 Å². The summed E-state index contributed by atoms with van der Waals surface area (Å²) in [6, 6.07) is 19.0. The Morgan fingerprint density at radius 1 is 0.760 bits per heavy atom. The van der Waals surface area contributed by atoms with Crippen molar-refractivity contribution in [1.82, 2.24) is 4.90 Å². The molecule has 1 unspecified atom stereocenters. The van der Waals surface area contributed by atoms with Crippen LogP contribution in [0.2, 0.25) is 0 Å². The molecule has 0 saturated heterocycles. The van der Waals surface area contributed by atoms with Crippen LogP contribution in [-0.2, 0) is 0 Å². The van der Waals surface area contributed by atoms with Crippen LogP contribution in [0.5, 0.6) is 5.75 Å². The molecule has 0 aliphatic carbocycles. The number of hydrogen-bond acceptors (Lipinski definition) is 2. The molecule has 25 heavy (non-hydrogen) atoms. The molecule has 2 aromatic carbocycles. The Morgan fingerprint density at radius 3 is 1.84 bits per heavy atom. The number of ether oxygens (including phenoxy) is 1. The van der Waals surface area contributed by atoms with Crippen molar-refractivity contribution in [3.8, 4) is 16.9 Å². The van der Waals surface area contributed by atoms with Crippen LogP contribution in [0.25, 0.3) is 11.1 Å². The van der Waals surface area contributed by atoms with Crippen LogP contribution >= 0.6 is 12.4 Å². The predicted molar refractivity (Wildman–Crippen MR) is 111 cm³/mol. The average Bonchev–Trinajstić information content (AvgIpc) is 2.62. The first kappa shape index (κ1) is 21.5. The Kier molecular flexibility index (Phi) is 10.3. The Morgan fingerprint density at radius 2 is 1.32 bits per heavy atom. The first-order valence-corrected chi connectivity index (χ1v) is 9.34. The topological polar surface area (TPSA) is 12.5 Å². The Labute approximate surface area is 159 Å². The van der Waals surface area contributed by atoms with Crippen LogP contribution in [-0.4, -0.2) is 24.2 Å². The van der Waals surface area contributed by atoms with Gasteiger partial charge in [-0.25, -0.2) is 0 Å². The molecule has 2 nitrogen and oxygen atoms in total. The molecule has 2 aromatic rings. The molecule has 0 fully saturated rings. The van der Waals surface area contributed by atoms with Gasteiger partial charge in [0.15, 0.2) is 6.23 Å². The molecule has 0 saturated carbocycles. The number of benzene rings is 2. The Hall–Kier alpha value is -1.51. The molecule has 3 heteroatoms. The van der Waals surface area contributed by atoms with Gasteiger partial charge < -0.3 is 4.74 Å².